The van der Waals surface area contributed by atoms with E-state index >= 15 is 0 Å². The summed E-state index contributed by atoms with van der Waals surface area (Å²) in [5.74, 6) is -1.73. The van der Waals surface area contributed by atoms with Gasteiger partial charge >= 0.3 is 5.97 Å². The molecular weight excluding hydrogens is 359 g/mol. The average molecular weight is 377 g/mol. The van der Waals surface area contributed by atoms with E-state index in [0.29, 0.717) is 21.9 Å². The molecular formula is C18H18ClFN4O2. The Morgan fingerprint density at radius 1 is 1.35 bits per heavy atom. The predicted molar refractivity (Wildman–Crippen MR) is 98.6 cm³/mol. The molecule has 8 heteroatoms. The number of pyridine rings is 1. The quantitative estimate of drug-likeness (QED) is 0.701. The zero-order chi connectivity index (χ0) is 18.7. The lowest BCUT2D eigenvalue weighted by Crippen LogP contribution is -2.57. The summed E-state index contributed by atoms with van der Waals surface area (Å²) in [6.07, 6.45) is 4.97. The molecule has 2 atom stereocenters. The van der Waals surface area contributed by atoms with Gasteiger partial charge in [0, 0.05) is 47.8 Å². The van der Waals surface area contributed by atoms with Crippen LogP contribution >= 0.6 is 11.6 Å². The lowest BCUT2D eigenvalue weighted by Gasteiger charge is -2.35. The lowest BCUT2D eigenvalue weighted by molar-refractivity contribution is -0.0585. The number of methoxy groups -OCH3 is 1. The minimum Gasteiger partial charge on any atom is -0.332 e. The van der Waals surface area contributed by atoms with Gasteiger partial charge in [0.25, 0.3) is 0 Å². The first-order chi connectivity index (χ1) is 12.4. The van der Waals surface area contributed by atoms with Gasteiger partial charge in [0.05, 0.1) is 5.71 Å². The Morgan fingerprint density at radius 2 is 2.15 bits per heavy atom. The van der Waals surface area contributed by atoms with E-state index in [9.17, 15) is 9.18 Å². The monoisotopic (exact) mass is 376 g/mol. The molecule has 3 rings (SSSR count). The first-order valence-corrected chi connectivity index (χ1v) is 8.32. The molecule has 0 fully saturated rings. The second-order valence-corrected chi connectivity index (χ2v) is 6.17. The summed E-state index contributed by atoms with van der Waals surface area (Å²) in [6, 6.07) is 7.10. The lowest BCUT2D eigenvalue weighted by atomic mass is 10.1. The number of nitrogens with zero attached hydrogens (tertiary/aromatic N) is 1. The smallest absolute Gasteiger partial charge is 0.300 e. The number of nitrogens with one attached hydrogen (secondary N) is 3. The van der Waals surface area contributed by atoms with E-state index < -0.39 is 17.8 Å². The standard InChI is InChI=1S/C18H18ClFN4O2/c1-11(17-13(19)4-3-5-14(17)20)23-18(26-2)22-9-8-15(24-18)12-6-7-16(25)21-10-12/h3-11,22-23H,1-2H3,(H,21,25). The molecule has 0 spiro atoms. The number of halogens is 2. The SMILES string of the molecule is COC1(NC(C)c2c(F)cccc2Cl)N=C(c2ccc(=O)[nH]c2)C=CN1. The number of aromatic amines is 1. The van der Waals surface area contributed by atoms with E-state index in [2.05, 4.69) is 20.6 Å². The van der Waals surface area contributed by atoms with Crippen molar-refractivity contribution in [1.82, 2.24) is 15.6 Å². The molecule has 2 unspecified atom stereocenters. The highest BCUT2D eigenvalue weighted by Crippen LogP contribution is 2.28. The number of rotatable bonds is 5. The van der Waals surface area contributed by atoms with E-state index in [0.717, 1.165) is 0 Å². The number of allylic oxidation sites excluding steroid dienone is 1. The molecule has 0 aliphatic carbocycles. The molecule has 0 amide bonds. The summed E-state index contributed by atoms with van der Waals surface area (Å²) in [5, 5.41) is 6.43. The normalized spacial score (nSPS) is 20.4. The summed E-state index contributed by atoms with van der Waals surface area (Å²) in [4.78, 5) is 18.4. The summed E-state index contributed by atoms with van der Waals surface area (Å²) >= 11 is 6.15. The number of hydrogen-bond acceptors (Lipinski definition) is 5. The summed E-state index contributed by atoms with van der Waals surface area (Å²) in [5.41, 5.74) is 1.41. The summed E-state index contributed by atoms with van der Waals surface area (Å²) in [7, 11) is 1.48. The minimum absolute atomic E-state index is 0.203. The van der Waals surface area contributed by atoms with Gasteiger partial charge < -0.3 is 15.0 Å². The highest BCUT2D eigenvalue weighted by molar-refractivity contribution is 6.31. The van der Waals surface area contributed by atoms with Gasteiger partial charge in [0.15, 0.2) is 0 Å². The molecule has 1 aliphatic rings. The van der Waals surface area contributed by atoms with Crippen LogP contribution in [0.25, 0.3) is 0 Å². The Hall–Kier alpha value is -2.48. The molecule has 1 aromatic carbocycles. The maximum atomic E-state index is 14.2. The molecule has 2 aromatic rings. The van der Waals surface area contributed by atoms with Gasteiger partial charge in [-0.1, -0.05) is 17.7 Å². The fraction of sp³-hybridized carbons (Fsp3) is 0.222. The van der Waals surface area contributed by atoms with Crippen molar-refractivity contribution in [3.05, 3.63) is 81.1 Å². The van der Waals surface area contributed by atoms with Crippen molar-refractivity contribution in [3.8, 4) is 0 Å². The fourth-order valence-corrected chi connectivity index (χ4v) is 3.06. The number of H-pyrrole nitrogens is 1. The van der Waals surface area contributed by atoms with Gasteiger partial charge in [-0.05, 0) is 31.2 Å². The zero-order valence-electron chi connectivity index (χ0n) is 14.2. The number of aromatic nitrogens is 1. The molecule has 0 saturated carbocycles. The van der Waals surface area contributed by atoms with E-state index in [4.69, 9.17) is 16.3 Å². The molecule has 6 nitrogen and oxygen atoms in total. The Morgan fingerprint density at radius 3 is 2.81 bits per heavy atom. The molecule has 136 valence electrons. The number of ether oxygens (including phenoxy) is 1. The summed E-state index contributed by atoms with van der Waals surface area (Å²) < 4.78 is 19.7. The first-order valence-electron chi connectivity index (χ1n) is 7.94. The summed E-state index contributed by atoms with van der Waals surface area (Å²) in [6.45, 7) is 1.76. The van der Waals surface area contributed by atoms with E-state index in [-0.39, 0.29) is 5.56 Å². The first kappa shape index (κ1) is 18.3. The van der Waals surface area contributed by atoms with Gasteiger partial charge in [-0.15, -0.1) is 0 Å². The maximum Gasteiger partial charge on any atom is 0.300 e. The number of benzene rings is 1. The third kappa shape index (κ3) is 3.70. The van der Waals surface area contributed by atoms with Gasteiger partial charge in [-0.2, -0.15) is 0 Å². The van der Waals surface area contributed by atoms with Crippen molar-refractivity contribution >= 4 is 17.3 Å². The van der Waals surface area contributed by atoms with Crippen molar-refractivity contribution in [2.45, 2.75) is 18.9 Å². The van der Waals surface area contributed by atoms with Crippen LogP contribution < -0.4 is 16.2 Å². The fourth-order valence-electron chi connectivity index (χ4n) is 2.73. The molecule has 3 N–H and O–H groups in total. The molecule has 0 radical (unpaired) electrons. The average Bonchev–Trinajstić information content (AvgIpc) is 2.62. The molecule has 2 heterocycles. The van der Waals surface area contributed by atoms with Crippen LogP contribution in [0.1, 0.15) is 24.1 Å². The Balaban J connectivity index is 1.92. The zero-order valence-corrected chi connectivity index (χ0v) is 15.0. The van der Waals surface area contributed by atoms with Crippen LogP contribution in [0.5, 0.6) is 0 Å². The number of aliphatic imine (C=N–C) groups is 1. The molecule has 0 bridgehead atoms. The second kappa shape index (κ2) is 7.41. The van der Waals surface area contributed by atoms with Crippen LogP contribution in [0.15, 0.2) is 58.6 Å². The van der Waals surface area contributed by atoms with Crippen molar-refractivity contribution < 1.29 is 9.13 Å². The highest BCUT2D eigenvalue weighted by Gasteiger charge is 2.33. The second-order valence-electron chi connectivity index (χ2n) is 5.77. The highest BCUT2D eigenvalue weighted by atomic mass is 35.5. The van der Waals surface area contributed by atoms with Crippen molar-refractivity contribution in [2.24, 2.45) is 4.99 Å². The Bertz CT molecular complexity index is 887. The third-order valence-electron chi connectivity index (χ3n) is 4.02. The predicted octanol–water partition coefficient (Wildman–Crippen LogP) is 2.68. The van der Waals surface area contributed by atoms with Gasteiger partial charge in [0.1, 0.15) is 5.82 Å². The van der Waals surface area contributed by atoms with Crippen LogP contribution in [0.2, 0.25) is 5.02 Å². The van der Waals surface area contributed by atoms with E-state index in [1.807, 2.05) is 0 Å². The Kier molecular flexibility index (Phi) is 5.22. The molecule has 1 aromatic heterocycles. The van der Waals surface area contributed by atoms with Crippen LogP contribution in [0.4, 0.5) is 4.39 Å². The van der Waals surface area contributed by atoms with E-state index in [1.54, 1.807) is 43.6 Å². The number of hydrogen-bond donors (Lipinski definition) is 3. The van der Waals surface area contributed by atoms with Crippen LogP contribution in [-0.2, 0) is 4.74 Å². The minimum atomic E-state index is -1.31. The van der Waals surface area contributed by atoms with Crippen molar-refractivity contribution in [3.63, 3.8) is 0 Å². The topological polar surface area (TPSA) is 78.5 Å². The van der Waals surface area contributed by atoms with Gasteiger partial charge in [-0.25, -0.2) is 14.7 Å². The molecule has 26 heavy (non-hydrogen) atoms. The molecule has 0 saturated heterocycles. The largest absolute Gasteiger partial charge is 0.332 e. The van der Waals surface area contributed by atoms with Crippen LogP contribution in [0.3, 0.4) is 0 Å². The van der Waals surface area contributed by atoms with Gasteiger partial charge in [0.2, 0.25) is 5.56 Å². The van der Waals surface area contributed by atoms with Crippen molar-refractivity contribution in [1.29, 1.82) is 0 Å². The Labute approximate surface area is 154 Å². The van der Waals surface area contributed by atoms with Gasteiger partial charge in [-0.3, -0.25) is 4.79 Å². The van der Waals surface area contributed by atoms with Crippen molar-refractivity contribution in [2.75, 3.05) is 7.11 Å². The molecule has 1 aliphatic heterocycles. The van der Waals surface area contributed by atoms with Crippen LogP contribution in [0, 0.1) is 5.82 Å². The maximum absolute atomic E-state index is 14.2. The third-order valence-corrected chi connectivity index (χ3v) is 4.35. The van der Waals surface area contributed by atoms with E-state index in [1.165, 1.54) is 19.2 Å². The van der Waals surface area contributed by atoms with Crippen LogP contribution in [-0.4, -0.2) is 23.8 Å².